The number of carbonyl (C=O) groups excluding carboxylic acids is 1. The van der Waals surface area contributed by atoms with Gasteiger partial charge in [-0.2, -0.15) is 0 Å². The summed E-state index contributed by atoms with van der Waals surface area (Å²) in [6.07, 6.45) is 10.7. The van der Waals surface area contributed by atoms with Gasteiger partial charge < -0.3 is 9.84 Å². The fourth-order valence-electron chi connectivity index (χ4n) is 2.07. The summed E-state index contributed by atoms with van der Waals surface area (Å²) in [5.41, 5.74) is 0. The first kappa shape index (κ1) is 14.2. The SMILES string of the molecule is C[C@@H]1C[C@H](O)CCCC/C=C\CCCC(=O)O1. The fourth-order valence-corrected chi connectivity index (χ4v) is 2.07. The van der Waals surface area contributed by atoms with E-state index in [0.717, 1.165) is 38.5 Å². The predicted molar refractivity (Wildman–Crippen MR) is 67.6 cm³/mol. The molecule has 3 nitrogen and oxygen atoms in total. The summed E-state index contributed by atoms with van der Waals surface area (Å²) in [6, 6.07) is 0. The molecule has 0 saturated heterocycles. The number of cyclic esters (lactones) is 1. The van der Waals surface area contributed by atoms with Gasteiger partial charge in [0.2, 0.25) is 0 Å². The Balaban J connectivity index is 2.41. The van der Waals surface area contributed by atoms with Gasteiger partial charge in [-0.05, 0) is 39.0 Å². The van der Waals surface area contributed by atoms with Crippen LogP contribution in [0.3, 0.4) is 0 Å². The molecule has 0 unspecified atom stereocenters. The number of rotatable bonds is 0. The number of aliphatic hydroxyl groups is 1. The van der Waals surface area contributed by atoms with E-state index in [4.69, 9.17) is 4.74 Å². The Morgan fingerprint density at radius 1 is 1.24 bits per heavy atom. The van der Waals surface area contributed by atoms with Crippen molar-refractivity contribution >= 4 is 5.97 Å². The first-order valence-corrected chi connectivity index (χ1v) is 6.71. The number of ether oxygens (including phenoxy) is 1. The second-order valence-corrected chi connectivity index (χ2v) is 4.84. The van der Waals surface area contributed by atoms with E-state index in [-0.39, 0.29) is 18.2 Å². The summed E-state index contributed by atoms with van der Waals surface area (Å²) < 4.78 is 5.24. The van der Waals surface area contributed by atoms with Crippen molar-refractivity contribution < 1.29 is 14.6 Å². The van der Waals surface area contributed by atoms with Gasteiger partial charge in [0.15, 0.2) is 0 Å². The van der Waals surface area contributed by atoms with Crippen LogP contribution in [0.4, 0.5) is 0 Å². The van der Waals surface area contributed by atoms with Crippen molar-refractivity contribution in [2.24, 2.45) is 0 Å². The molecule has 0 amide bonds. The van der Waals surface area contributed by atoms with Crippen molar-refractivity contribution in [2.75, 3.05) is 0 Å². The second kappa shape index (κ2) is 8.29. The van der Waals surface area contributed by atoms with Gasteiger partial charge in [-0.25, -0.2) is 0 Å². The van der Waals surface area contributed by atoms with Gasteiger partial charge in [0.05, 0.1) is 6.10 Å². The zero-order valence-electron chi connectivity index (χ0n) is 10.7. The number of hydrogen-bond acceptors (Lipinski definition) is 3. The lowest BCUT2D eigenvalue weighted by Crippen LogP contribution is -2.21. The zero-order valence-corrected chi connectivity index (χ0v) is 10.7. The van der Waals surface area contributed by atoms with E-state index in [1.54, 1.807) is 0 Å². The smallest absolute Gasteiger partial charge is 0.306 e. The van der Waals surface area contributed by atoms with Crippen molar-refractivity contribution in [3.63, 3.8) is 0 Å². The topological polar surface area (TPSA) is 46.5 Å². The lowest BCUT2D eigenvalue weighted by atomic mass is 10.0. The quantitative estimate of drug-likeness (QED) is 0.523. The highest BCUT2D eigenvalue weighted by Gasteiger charge is 2.14. The number of allylic oxidation sites excluding steroid dienone is 2. The molecular formula is C14H24O3. The highest BCUT2D eigenvalue weighted by Crippen LogP contribution is 2.13. The molecule has 0 aromatic carbocycles. The summed E-state index contributed by atoms with van der Waals surface area (Å²) in [6.45, 7) is 1.85. The molecule has 1 rings (SSSR count). The standard InChI is InChI=1S/C14H24O3/c1-12-11-13(15)9-7-5-3-2-4-6-8-10-14(16)17-12/h2,4,12-13,15H,3,5-11H2,1H3/b4-2-/t12-,13-/m1/s1. The van der Waals surface area contributed by atoms with E-state index in [0.29, 0.717) is 12.8 Å². The zero-order chi connectivity index (χ0) is 12.5. The number of hydrogen-bond donors (Lipinski definition) is 1. The summed E-state index contributed by atoms with van der Waals surface area (Å²) in [4.78, 5) is 11.4. The largest absolute Gasteiger partial charge is 0.463 e. The maximum atomic E-state index is 11.4. The van der Waals surface area contributed by atoms with E-state index >= 15 is 0 Å². The van der Waals surface area contributed by atoms with Crippen LogP contribution in [-0.4, -0.2) is 23.3 Å². The Kier molecular flexibility index (Phi) is 6.94. The van der Waals surface area contributed by atoms with Crippen molar-refractivity contribution in [3.8, 4) is 0 Å². The maximum Gasteiger partial charge on any atom is 0.306 e. The summed E-state index contributed by atoms with van der Waals surface area (Å²) in [5.74, 6) is -0.143. The molecular weight excluding hydrogens is 216 g/mol. The molecule has 0 fully saturated rings. The lowest BCUT2D eigenvalue weighted by molar-refractivity contribution is -0.149. The van der Waals surface area contributed by atoms with Crippen LogP contribution in [0.25, 0.3) is 0 Å². The first-order chi connectivity index (χ1) is 8.18. The summed E-state index contributed by atoms with van der Waals surface area (Å²) in [5, 5.41) is 9.77. The van der Waals surface area contributed by atoms with Crippen LogP contribution in [0.5, 0.6) is 0 Å². The van der Waals surface area contributed by atoms with Crippen LogP contribution in [0, 0.1) is 0 Å². The predicted octanol–water partition coefficient (Wildman–Crippen LogP) is 2.97. The van der Waals surface area contributed by atoms with Gasteiger partial charge in [-0.15, -0.1) is 0 Å². The Morgan fingerprint density at radius 3 is 2.71 bits per heavy atom. The van der Waals surface area contributed by atoms with Crippen molar-refractivity contribution in [2.45, 2.75) is 70.5 Å². The number of esters is 1. The molecule has 1 aliphatic rings. The van der Waals surface area contributed by atoms with E-state index in [1.165, 1.54) is 0 Å². The van der Waals surface area contributed by atoms with Crippen LogP contribution in [0.1, 0.15) is 58.3 Å². The normalized spacial score (nSPS) is 31.3. The minimum absolute atomic E-state index is 0.143. The van der Waals surface area contributed by atoms with Crippen molar-refractivity contribution in [1.82, 2.24) is 0 Å². The van der Waals surface area contributed by atoms with Gasteiger partial charge in [0.1, 0.15) is 6.10 Å². The van der Waals surface area contributed by atoms with Gasteiger partial charge in [0, 0.05) is 12.8 Å². The second-order valence-electron chi connectivity index (χ2n) is 4.84. The maximum absolute atomic E-state index is 11.4. The van der Waals surface area contributed by atoms with Crippen LogP contribution < -0.4 is 0 Å². The van der Waals surface area contributed by atoms with E-state index in [9.17, 15) is 9.90 Å². The molecule has 0 radical (unpaired) electrons. The minimum Gasteiger partial charge on any atom is -0.463 e. The summed E-state index contributed by atoms with van der Waals surface area (Å²) in [7, 11) is 0. The molecule has 1 N–H and O–H groups in total. The molecule has 0 saturated carbocycles. The van der Waals surface area contributed by atoms with Gasteiger partial charge in [-0.3, -0.25) is 4.79 Å². The molecule has 0 spiro atoms. The molecule has 0 aliphatic carbocycles. The molecule has 0 bridgehead atoms. The van der Waals surface area contributed by atoms with E-state index < -0.39 is 0 Å². The molecule has 98 valence electrons. The van der Waals surface area contributed by atoms with Crippen LogP contribution in [-0.2, 0) is 9.53 Å². The third-order valence-corrected chi connectivity index (χ3v) is 3.01. The van der Waals surface area contributed by atoms with Gasteiger partial charge in [0.25, 0.3) is 0 Å². The average Bonchev–Trinajstić information content (AvgIpc) is 2.25. The molecule has 17 heavy (non-hydrogen) atoms. The summed E-state index contributed by atoms with van der Waals surface area (Å²) >= 11 is 0. The van der Waals surface area contributed by atoms with Crippen LogP contribution >= 0.6 is 0 Å². The third-order valence-electron chi connectivity index (χ3n) is 3.01. The number of aliphatic hydroxyl groups excluding tert-OH is 1. The van der Waals surface area contributed by atoms with Crippen LogP contribution in [0.2, 0.25) is 0 Å². The minimum atomic E-state index is -0.343. The van der Waals surface area contributed by atoms with Crippen LogP contribution in [0.15, 0.2) is 12.2 Å². The fraction of sp³-hybridized carbons (Fsp3) is 0.786. The van der Waals surface area contributed by atoms with Crippen molar-refractivity contribution in [3.05, 3.63) is 12.2 Å². The van der Waals surface area contributed by atoms with Crippen molar-refractivity contribution in [1.29, 1.82) is 0 Å². The van der Waals surface area contributed by atoms with Gasteiger partial charge in [-0.1, -0.05) is 18.6 Å². The molecule has 1 heterocycles. The van der Waals surface area contributed by atoms with E-state index in [2.05, 4.69) is 12.2 Å². The lowest BCUT2D eigenvalue weighted by Gasteiger charge is -2.17. The molecule has 3 heteroatoms. The first-order valence-electron chi connectivity index (χ1n) is 6.71. The monoisotopic (exact) mass is 240 g/mol. The Morgan fingerprint density at radius 2 is 1.94 bits per heavy atom. The van der Waals surface area contributed by atoms with Gasteiger partial charge >= 0.3 is 5.97 Å². The Labute approximate surface area is 104 Å². The average molecular weight is 240 g/mol. The molecule has 0 aromatic heterocycles. The highest BCUT2D eigenvalue weighted by molar-refractivity contribution is 5.69. The molecule has 0 aromatic rings. The van der Waals surface area contributed by atoms with E-state index in [1.807, 2.05) is 6.92 Å². The molecule has 2 atom stereocenters. The Hall–Kier alpha value is -0.830. The molecule has 1 aliphatic heterocycles. The number of carbonyl (C=O) groups is 1. The Bertz CT molecular complexity index is 248. The third kappa shape index (κ3) is 7.16. The highest BCUT2D eigenvalue weighted by atomic mass is 16.5.